The first-order valence-electron chi connectivity index (χ1n) is 10.2. The molecule has 170 valence electrons. The molecule has 1 N–H and O–H groups in total. The van der Waals surface area contributed by atoms with E-state index in [1.54, 1.807) is 0 Å². The average molecular weight is 437 g/mol. The van der Waals surface area contributed by atoms with Crippen LogP contribution >= 0.6 is 0 Å². The van der Waals surface area contributed by atoms with Crippen molar-refractivity contribution >= 4 is 11.9 Å². The molecule has 1 saturated heterocycles. The van der Waals surface area contributed by atoms with Crippen molar-refractivity contribution in [3.63, 3.8) is 0 Å². The van der Waals surface area contributed by atoms with E-state index in [2.05, 4.69) is 15.0 Å². The number of esters is 2. The third-order valence-corrected chi connectivity index (χ3v) is 4.83. The van der Waals surface area contributed by atoms with Gasteiger partial charge in [0.25, 0.3) is 5.56 Å². The maximum absolute atomic E-state index is 12.4. The van der Waals surface area contributed by atoms with E-state index in [0.29, 0.717) is 12.8 Å². The Bertz CT molecular complexity index is 951. The quantitative estimate of drug-likeness (QED) is 0.254. The molecular weight excluding hydrogens is 410 g/mol. The van der Waals surface area contributed by atoms with Crippen LogP contribution in [0.15, 0.2) is 27.0 Å². The summed E-state index contributed by atoms with van der Waals surface area (Å²) in [6, 6.07) is 1.09. The lowest BCUT2D eigenvalue weighted by molar-refractivity contribution is -0.170. The number of hydrogen-bond acceptors (Lipinski definition) is 8. The van der Waals surface area contributed by atoms with E-state index in [0.717, 1.165) is 29.7 Å². The van der Waals surface area contributed by atoms with Crippen LogP contribution in [0.25, 0.3) is 10.4 Å². The van der Waals surface area contributed by atoms with Crippen LogP contribution < -0.4 is 11.2 Å². The molecule has 0 spiro atoms. The first kappa shape index (κ1) is 24.2. The molecule has 1 aliphatic rings. The molecule has 0 unspecified atom stereocenters. The van der Waals surface area contributed by atoms with Crippen LogP contribution in [0.2, 0.25) is 0 Å². The minimum Gasteiger partial charge on any atom is -0.455 e. The number of unbranched alkanes of at least 4 members (excludes halogenated alkanes) is 2. The Kier molecular flexibility index (Phi) is 8.40. The van der Waals surface area contributed by atoms with Crippen molar-refractivity contribution in [1.82, 2.24) is 9.55 Å². The zero-order valence-electron chi connectivity index (χ0n) is 17.8. The van der Waals surface area contributed by atoms with E-state index in [1.165, 1.54) is 6.92 Å². The van der Waals surface area contributed by atoms with Crippen molar-refractivity contribution in [2.45, 2.75) is 83.5 Å². The number of aromatic nitrogens is 2. The number of azide groups is 1. The van der Waals surface area contributed by atoms with Crippen molar-refractivity contribution < 1.29 is 23.8 Å². The molecule has 31 heavy (non-hydrogen) atoms. The maximum atomic E-state index is 12.4. The van der Waals surface area contributed by atoms with E-state index in [9.17, 15) is 19.2 Å². The van der Waals surface area contributed by atoms with E-state index >= 15 is 0 Å². The van der Waals surface area contributed by atoms with Crippen molar-refractivity contribution in [3.05, 3.63) is 43.5 Å². The van der Waals surface area contributed by atoms with Gasteiger partial charge in [0.15, 0.2) is 24.2 Å². The van der Waals surface area contributed by atoms with Gasteiger partial charge >= 0.3 is 17.6 Å². The molecule has 2 heterocycles. The Balaban J connectivity index is 2.47. The number of rotatable bonds is 10. The predicted octanol–water partition coefficient (Wildman–Crippen LogP) is 2.30. The molecular formula is C19H27N5O7. The second-order valence-electron chi connectivity index (χ2n) is 7.34. The van der Waals surface area contributed by atoms with Crippen molar-refractivity contribution in [3.8, 4) is 0 Å². The predicted molar refractivity (Wildman–Crippen MR) is 108 cm³/mol. The second-order valence-corrected chi connectivity index (χ2v) is 7.34. The molecule has 0 aliphatic carbocycles. The lowest BCUT2D eigenvalue weighted by Gasteiger charge is -2.27. The summed E-state index contributed by atoms with van der Waals surface area (Å²) in [5.41, 5.74) is 5.82. The zero-order chi connectivity index (χ0) is 23.0. The summed E-state index contributed by atoms with van der Waals surface area (Å²) in [5, 5.41) is 3.62. The molecule has 0 bridgehead atoms. The van der Waals surface area contributed by atoms with Crippen LogP contribution in [0.1, 0.15) is 65.5 Å². The van der Waals surface area contributed by atoms with E-state index in [1.807, 2.05) is 13.8 Å². The van der Waals surface area contributed by atoms with Crippen LogP contribution in [-0.2, 0) is 23.8 Å². The molecule has 0 radical (unpaired) electrons. The molecule has 1 aromatic heterocycles. The molecule has 0 saturated carbocycles. The van der Waals surface area contributed by atoms with Gasteiger partial charge in [-0.3, -0.25) is 23.9 Å². The van der Waals surface area contributed by atoms with Gasteiger partial charge in [-0.2, -0.15) is 0 Å². The summed E-state index contributed by atoms with van der Waals surface area (Å²) in [7, 11) is 0. The van der Waals surface area contributed by atoms with Crippen molar-refractivity contribution in [1.29, 1.82) is 0 Å². The number of nitrogens with one attached hydrogen (secondary N) is 1. The third kappa shape index (κ3) is 5.96. The molecule has 1 fully saturated rings. The number of aromatic amines is 1. The molecule has 1 aliphatic heterocycles. The summed E-state index contributed by atoms with van der Waals surface area (Å²) >= 11 is 0. The van der Waals surface area contributed by atoms with Crippen LogP contribution in [0.5, 0.6) is 0 Å². The highest BCUT2D eigenvalue weighted by Gasteiger charge is 2.57. The van der Waals surface area contributed by atoms with Crippen molar-refractivity contribution in [2.24, 2.45) is 5.11 Å². The van der Waals surface area contributed by atoms with Gasteiger partial charge < -0.3 is 14.2 Å². The average Bonchev–Trinajstić information content (AvgIpc) is 2.96. The lowest BCUT2D eigenvalue weighted by Crippen LogP contribution is -2.45. The Morgan fingerprint density at radius 3 is 2.39 bits per heavy atom. The highest BCUT2D eigenvalue weighted by Crippen LogP contribution is 2.41. The van der Waals surface area contributed by atoms with Crippen LogP contribution in [0.4, 0.5) is 0 Å². The minimum absolute atomic E-state index is 0.106. The van der Waals surface area contributed by atoms with Gasteiger partial charge in [-0.25, -0.2) is 4.79 Å². The Labute approximate surface area is 178 Å². The van der Waals surface area contributed by atoms with Gasteiger partial charge in [-0.15, -0.1) is 0 Å². The standard InChI is InChI=1S/C19H27N5O7/c1-4-6-8-13(26)29-15-16(30-14(27)9-7-5-2)19(3,22-23-20)31-17(15)24-11-10-12(25)21-18(24)28/h10-11,15-17H,4-9H2,1-3H3,(H,21,25,28)/t15-,16+,17-,19+/m1/s1. The summed E-state index contributed by atoms with van der Waals surface area (Å²) in [6.07, 6.45) is 0.161. The Hall–Kier alpha value is -3.11. The normalized spacial score (nSPS) is 24.9. The fraction of sp³-hybridized carbons (Fsp3) is 0.684. The van der Waals surface area contributed by atoms with Gasteiger partial charge in [0, 0.05) is 30.0 Å². The SMILES string of the molecule is CCCCC(=O)O[C@H]1[C@H](n2ccc(=O)[nH]c2=O)O[C@](C)(N=[N+]=[N-])[C@H]1OC(=O)CCCC. The van der Waals surface area contributed by atoms with Crippen molar-refractivity contribution in [2.75, 3.05) is 0 Å². The Morgan fingerprint density at radius 1 is 1.23 bits per heavy atom. The fourth-order valence-corrected chi connectivity index (χ4v) is 3.19. The molecule has 4 atom stereocenters. The maximum Gasteiger partial charge on any atom is 0.330 e. The molecule has 12 heteroatoms. The van der Waals surface area contributed by atoms with Gasteiger partial charge in [-0.05, 0) is 25.3 Å². The minimum atomic E-state index is -1.76. The van der Waals surface area contributed by atoms with Crippen LogP contribution in [0, 0.1) is 0 Å². The summed E-state index contributed by atoms with van der Waals surface area (Å²) in [4.78, 5) is 53.4. The highest BCUT2D eigenvalue weighted by molar-refractivity contribution is 5.71. The summed E-state index contributed by atoms with van der Waals surface area (Å²) in [6.45, 7) is 5.19. The monoisotopic (exact) mass is 437 g/mol. The van der Waals surface area contributed by atoms with E-state index < -0.39 is 47.3 Å². The van der Waals surface area contributed by atoms with Gasteiger partial charge in [0.2, 0.25) is 0 Å². The van der Waals surface area contributed by atoms with Gasteiger partial charge in [-0.1, -0.05) is 31.8 Å². The van der Waals surface area contributed by atoms with Crippen LogP contribution in [0.3, 0.4) is 0 Å². The zero-order valence-corrected chi connectivity index (χ0v) is 17.8. The summed E-state index contributed by atoms with van der Waals surface area (Å²) in [5.74, 6) is -1.17. The number of ether oxygens (including phenoxy) is 3. The first-order chi connectivity index (χ1) is 14.8. The number of H-pyrrole nitrogens is 1. The topological polar surface area (TPSA) is 165 Å². The molecule has 2 rings (SSSR count). The van der Waals surface area contributed by atoms with E-state index in [-0.39, 0.29) is 12.8 Å². The third-order valence-electron chi connectivity index (χ3n) is 4.83. The van der Waals surface area contributed by atoms with Gasteiger partial charge in [0.05, 0.1) is 0 Å². The second kappa shape index (κ2) is 10.8. The highest BCUT2D eigenvalue weighted by atomic mass is 16.7. The van der Waals surface area contributed by atoms with Crippen LogP contribution in [-0.4, -0.2) is 39.4 Å². The molecule has 1 aromatic rings. The molecule has 0 amide bonds. The Morgan fingerprint density at radius 2 is 1.84 bits per heavy atom. The number of hydrogen-bond donors (Lipinski definition) is 1. The van der Waals surface area contributed by atoms with Gasteiger partial charge in [0.1, 0.15) is 0 Å². The summed E-state index contributed by atoms with van der Waals surface area (Å²) < 4.78 is 17.9. The van der Waals surface area contributed by atoms with E-state index in [4.69, 9.17) is 19.7 Å². The molecule has 0 aromatic carbocycles. The first-order valence-corrected chi connectivity index (χ1v) is 10.2. The lowest BCUT2D eigenvalue weighted by atomic mass is 10.1. The number of nitrogens with zero attached hydrogens (tertiary/aromatic N) is 4. The molecule has 12 nitrogen and oxygen atoms in total. The smallest absolute Gasteiger partial charge is 0.330 e. The fourth-order valence-electron chi connectivity index (χ4n) is 3.19. The number of carbonyl (C=O) groups is 2. The number of carbonyl (C=O) groups excluding carboxylic acids is 2. The largest absolute Gasteiger partial charge is 0.455 e.